The molecule has 2 aliphatic carbocycles. The van der Waals surface area contributed by atoms with Crippen LogP contribution in [0.5, 0.6) is 0 Å². The second kappa shape index (κ2) is 5.59. The van der Waals surface area contributed by atoms with Crippen LogP contribution in [0.1, 0.15) is 44.9 Å². The molecular weight excluding hydrogens is 232 g/mol. The fourth-order valence-electron chi connectivity index (χ4n) is 3.07. The van der Waals surface area contributed by atoms with Gasteiger partial charge in [-0.15, -0.1) is 0 Å². The number of carbonyl (C=O) groups excluding carboxylic acids is 1. The van der Waals surface area contributed by atoms with Gasteiger partial charge in [-0.2, -0.15) is 0 Å². The summed E-state index contributed by atoms with van der Waals surface area (Å²) in [7, 11) is 1.84. The quantitative estimate of drug-likeness (QED) is 0.807. The van der Waals surface area contributed by atoms with Crippen molar-refractivity contribution in [2.45, 2.75) is 57.0 Å². The summed E-state index contributed by atoms with van der Waals surface area (Å²) in [4.78, 5) is 24.7. The maximum Gasteiger partial charge on any atom is 0.317 e. The van der Waals surface area contributed by atoms with Gasteiger partial charge >= 0.3 is 12.0 Å². The van der Waals surface area contributed by atoms with Gasteiger partial charge in [-0.1, -0.05) is 12.8 Å². The minimum atomic E-state index is -0.740. The molecule has 18 heavy (non-hydrogen) atoms. The van der Waals surface area contributed by atoms with Crippen LogP contribution in [0.3, 0.4) is 0 Å². The highest BCUT2D eigenvalue weighted by molar-refractivity contribution is 5.75. The van der Waals surface area contributed by atoms with E-state index in [0.717, 1.165) is 19.3 Å². The summed E-state index contributed by atoms with van der Waals surface area (Å²) >= 11 is 0. The van der Waals surface area contributed by atoms with Crippen molar-refractivity contribution in [2.75, 3.05) is 7.05 Å². The van der Waals surface area contributed by atoms with Gasteiger partial charge in [0, 0.05) is 19.1 Å². The summed E-state index contributed by atoms with van der Waals surface area (Å²) in [6.45, 7) is 0. The van der Waals surface area contributed by atoms with E-state index in [2.05, 4.69) is 5.32 Å². The summed E-state index contributed by atoms with van der Waals surface area (Å²) in [5.74, 6) is -1.03. The van der Waals surface area contributed by atoms with Crippen molar-refractivity contribution in [3.05, 3.63) is 0 Å². The first-order chi connectivity index (χ1) is 8.58. The monoisotopic (exact) mass is 254 g/mol. The molecule has 0 saturated heterocycles. The lowest BCUT2D eigenvalue weighted by Crippen LogP contribution is -2.46. The molecule has 0 bridgehead atoms. The van der Waals surface area contributed by atoms with E-state index in [4.69, 9.17) is 5.11 Å². The average molecular weight is 254 g/mol. The van der Waals surface area contributed by atoms with Gasteiger partial charge in [-0.25, -0.2) is 4.79 Å². The lowest BCUT2D eigenvalue weighted by molar-refractivity contribution is -0.141. The second-order valence-corrected chi connectivity index (χ2v) is 5.54. The number of hydrogen-bond acceptors (Lipinski definition) is 2. The van der Waals surface area contributed by atoms with E-state index in [0.29, 0.717) is 18.9 Å². The van der Waals surface area contributed by atoms with Crippen molar-refractivity contribution in [3.8, 4) is 0 Å². The Bertz CT molecular complexity index is 326. The third-order valence-electron chi connectivity index (χ3n) is 4.30. The number of nitrogens with zero attached hydrogens (tertiary/aromatic N) is 1. The molecule has 2 rings (SSSR count). The Hall–Kier alpha value is -1.26. The minimum absolute atomic E-state index is 0.0300. The van der Waals surface area contributed by atoms with Crippen molar-refractivity contribution in [3.63, 3.8) is 0 Å². The number of urea groups is 1. The van der Waals surface area contributed by atoms with E-state index < -0.39 is 5.97 Å². The van der Waals surface area contributed by atoms with Crippen LogP contribution >= 0.6 is 0 Å². The number of carbonyl (C=O) groups is 2. The first-order valence-corrected chi connectivity index (χ1v) is 6.84. The molecule has 0 heterocycles. The predicted octanol–water partition coefficient (Wildman–Crippen LogP) is 1.82. The van der Waals surface area contributed by atoms with E-state index >= 15 is 0 Å². The van der Waals surface area contributed by atoms with E-state index in [9.17, 15) is 9.59 Å². The van der Waals surface area contributed by atoms with Crippen molar-refractivity contribution in [2.24, 2.45) is 5.92 Å². The highest BCUT2D eigenvalue weighted by atomic mass is 16.4. The molecule has 0 aromatic carbocycles. The van der Waals surface area contributed by atoms with Crippen LogP contribution < -0.4 is 5.32 Å². The highest BCUT2D eigenvalue weighted by Crippen LogP contribution is 2.26. The van der Waals surface area contributed by atoms with E-state index in [-0.39, 0.29) is 18.0 Å². The lowest BCUT2D eigenvalue weighted by Gasteiger charge is -2.26. The Kier molecular flexibility index (Phi) is 4.09. The molecule has 2 aliphatic rings. The summed E-state index contributed by atoms with van der Waals surface area (Å²) in [5.41, 5.74) is 0. The van der Waals surface area contributed by atoms with E-state index in [1.165, 1.54) is 12.8 Å². The molecule has 0 spiro atoms. The SMILES string of the molecule is CN(C(=O)N[C@H]1CC[C@@H](C(=O)O)C1)C1CCCC1. The van der Waals surface area contributed by atoms with Gasteiger partial charge in [0.1, 0.15) is 0 Å². The maximum absolute atomic E-state index is 12.0. The number of aliphatic carboxylic acids is 1. The maximum atomic E-state index is 12.0. The third-order valence-corrected chi connectivity index (χ3v) is 4.30. The van der Waals surface area contributed by atoms with Crippen molar-refractivity contribution >= 4 is 12.0 Å². The van der Waals surface area contributed by atoms with Crippen molar-refractivity contribution in [1.82, 2.24) is 10.2 Å². The standard InChI is InChI=1S/C13H22N2O3/c1-15(11-4-2-3-5-11)13(18)14-10-7-6-9(8-10)12(16)17/h9-11H,2-8H2,1H3,(H,14,18)(H,16,17)/t9-,10+/m1/s1. The van der Waals surface area contributed by atoms with E-state index in [1.54, 1.807) is 4.90 Å². The van der Waals surface area contributed by atoms with Gasteiger partial charge in [-0.3, -0.25) is 4.79 Å². The van der Waals surface area contributed by atoms with Gasteiger partial charge < -0.3 is 15.3 Å². The minimum Gasteiger partial charge on any atom is -0.481 e. The zero-order chi connectivity index (χ0) is 13.1. The summed E-state index contributed by atoms with van der Waals surface area (Å²) in [5, 5.41) is 11.9. The zero-order valence-electron chi connectivity index (χ0n) is 10.9. The smallest absolute Gasteiger partial charge is 0.317 e. The van der Waals surface area contributed by atoms with Crippen molar-refractivity contribution in [1.29, 1.82) is 0 Å². The number of amides is 2. The second-order valence-electron chi connectivity index (χ2n) is 5.54. The molecule has 0 aliphatic heterocycles. The third kappa shape index (κ3) is 2.94. The molecule has 0 aromatic heterocycles. The molecule has 2 fully saturated rings. The first-order valence-electron chi connectivity index (χ1n) is 6.84. The van der Waals surface area contributed by atoms with Gasteiger partial charge in [-0.05, 0) is 32.1 Å². The van der Waals surface area contributed by atoms with Crippen LogP contribution in [-0.2, 0) is 4.79 Å². The molecule has 5 nitrogen and oxygen atoms in total. The largest absolute Gasteiger partial charge is 0.481 e. The number of carboxylic acid groups (broad SMARTS) is 1. The first kappa shape index (κ1) is 13.2. The van der Waals surface area contributed by atoms with Crippen LogP contribution in [0.25, 0.3) is 0 Å². The van der Waals surface area contributed by atoms with Crippen LogP contribution in [0.15, 0.2) is 0 Å². The molecule has 0 unspecified atom stereocenters. The van der Waals surface area contributed by atoms with Gasteiger partial charge in [0.15, 0.2) is 0 Å². The molecule has 2 N–H and O–H groups in total. The average Bonchev–Trinajstić information content (AvgIpc) is 2.98. The molecule has 2 saturated carbocycles. The molecule has 2 amide bonds. The Morgan fingerprint density at radius 2 is 1.83 bits per heavy atom. The fourth-order valence-corrected chi connectivity index (χ4v) is 3.07. The Morgan fingerprint density at radius 3 is 2.39 bits per heavy atom. The summed E-state index contributed by atoms with van der Waals surface area (Å²) in [6, 6.07) is 0.349. The van der Waals surface area contributed by atoms with Crippen LogP contribution in [0, 0.1) is 5.92 Å². The van der Waals surface area contributed by atoms with E-state index in [1.807, 2.05) is 7.05 Å². The summed E-state index contributed by atoms with van der Waals surface area (Å²) < 4.78 is 0. The Balaban J connectivity index is 1.79. The number of carboxylic acids is 1. The van der Waals surface area contributed by atoms with Gasteiger partial charge in [0.2, 0.25) is 0 Å². The number of nitrogens with one attached hydrogen (secondary N) is 1. The summed E-state index contributed by atoms with van der Waals surface area (Å²) in [6.07, 6.45) is 6.60. The van der Waals surface area contributed by atoms with Gasteiger partial charge in [0.05, 0.1) is 5.92 Å². The normalized spacial score (nSPS) is 28.3. The highest BCUT2D eigenvalue weighted by Gasteiger charge is 2.32. The van der Waals surface area contributed by atoms with Gasteiger partial charge in [0.25, 0.3) is 0 Å². The number of hydrogen-bond donors (Lipinski definition) is 2. The lowest BCUT2D eigenvalue weighted by atomic mass is 10.1. The predicted molar refractivity (Wildman–Crippen MR) is 67.3 cm³/mol. The van der Waals surface area contributed by atoms with Crippen molar-refractivity contribution < 1.29 is 14.7 Å². The Morgan fingerprint density at radius 1 is 1.17 bits per heavy atom. The van der Waals surface area contributed by atoms with Crippen LogP contribution in [0.2, 0.25) is 0 Å². The molecule has 2 atom stereocenters. The zero-order valence-corrected chi connectivity index (χ0v) is 10.9. The molecule has 0 radical (unpaired) electrons. The van der Waals surface area contributed by atoms with Crippen LogP contribution in [0.4, 0.5) is 4.79 Å². The van der Waals surface area contributed by atoms with Crippen LogP contribution in [-0.4, -0.2) is 41.1 Å². The Labute approximate surface area is 108 Å². The molecular formula is C13H22N2O3. The number of rotatable bonds is 3. The topological polar surface area (TPSA) is 69.6 Å². The molecule has 0 aromatic rings. The molecule has 5 heteroatoms. The fraction of sp³-hybridized carbons (Fsp3) is 0.846. The molecule has 102 valence electrons.